The molecule has 0 saturated heterocycles. The minimum absolute atomic E-state index is 0.110. The Labute approximate surface area is 94.2 Å². The second-order valence-corrected chi connectivity index (χ2v) is 3.87. The van der Waals surface area contributed by atoms with E-state index in [9.17, 15) is 9.18 Å². The van der Waals surface area contributed by atoms with Crippen molar-refractivity contribution in [2.24, 2.45) is 0 Å². The molecule has 1 amide bonds. The third-order valence-corrected chi connectivity index (χ3v) is 2.40. The molecule has 0 aromatic heterocycles. The summed E-state index contributed by atoms with van der Waals surface area (Å²) < 4.78 is 13.3. The Morgan fingerprint density at radius 1 is 1.50 bits per heavy atom. The van der Waals surface area contributed by atoms with E-state index in [4.69, 9.17) is 5.73 Å². The van der Waals surface area contributed by atoms with E-state index in [2.05, 4.69) is 5.32 Å². The van der Waals surface area contributed by atoms with Crippen molar-refractivity contribution in [1.29, 1.82) is 0 Å². The van der Waals surface area contributed by atoms with Crippen LogP contribution in [0.2, 0.25) is 0 Å². The van der Waals surface area contributed by atoms with E-state index in [1.807, 2.05) is 0 Å². The summed E-state index contributed by atoms with van der Waals surface area (Å²) in [6.45, 7) is 1.74. The van der Waals surface area contributed by atoms with Gasteiger partial charge in [-0.2, -0.15) is 0 Å². The fourth-order valence-electron chi connectivity index (χ4n) is 1.11. The van der Waals surface area contributed by atoms with Crippen LogP contribution in [0.25, 0.3) is 0 Å². The zero-order valence-electron chi connectivity index (χ0n) is 9.62. The predicted molar refractivity (Wildman–Crippen MR) is 62.6 cm³/mol. The number of nitrogen functional groups attached to an aromatic ring is 1. The van der Waals surface area contributed by atoms with Crippen molar-refractivity contribution >= 4 is 17.3 Å². The first kappa shape index (κ1) is 12.4. The minimum Gasteiger partial charge on any atom is -0.399 e. The molecule has 5 heteroatoms. The summed E-state index contributed by atoms with van der Waals surface area (Å²) in [7, 11) is 3.56. The number of rotatable bonds is 3. The van der Waals surface area contributed by atoms with Gasteiger partial charge in [-0.3, -0.25) is 9.69 Å². The number of nitrogens with two attached hydrogens (primary N) is 1. The summed E-state index contributed by atoms with van der Waals surface area (Å²) in [5, 5.41) is 2.50. The van der Waals surface area contributed by atoms with E-state index >= 15 is 0 Å². The second-order valence-electron chi connectivity index (χ2n) is 3.87. The molecule has 0 aliphatic heterocycles. The van der Waals surface area contributed by atoms with Gasteiger partial charge in [0.1, 0.15) is 5.82 Å². The molecule has 0 fully saturated rings. The zero-order valence-corrected chi connectivity index (χ0v) is 9.62. The molecule has 1 aromatic carbocycles. The highest BCUT2D eigenvalue weighted by molar-refractivity contribution is 5.95. The van der Waals surface area contributed by atoms with Crippen LogP contribution in [0, 0.1) is 5.82 Å². The summed E-state index contributed by atoms with van der Waals surface area (Å²) in [5.74, 6) is -0.761. The van der Waals surface area contributed by atoms with Gasteiger partial charge in [0.05, 0.1) is 11.7 Å². The average molecular weight is 225 g/mol. The Bertz CT molecular complexity index is 393. The normalized spacial score (nSPS) is 12.6. The van der Waals surface area contributed by atoms with Gasteiger partial charge in [-0.15, -0.1) is 0 Å². The molecular weight excluding hydrogens is 209 g/mol. The van der Waals surface area contributed by atoms with E-state index in [1.54, 1.807) is 25.9 Å². The van der Waals surface area contributed by atoms with Crippen LogP contribution in [-0.2, 0) is 4.79 Å². The van der Waals surface area contributed by atoms with Crippen LogP contribution in [0.3, 0.4) is 0 Å². The zero-order chi connectivity index (χ0) is 12.3. The summed E-state index contributed by atoms with van der Waals surface area (Å²) in [6, 6.07) is 3.74. The van der Waals surface area contributed by atoms with Crippen molar-refractivity contribution < 1.29 is 9.18 Å². The number of likely N-dealkylation sites (N-methyl/N-ethyl adjacent to an activating group) is 1. The van der Waals surface area contributed by atoms with Crippen molar-refractivity contribution in [2.75, 3.05) is 25.1 Å². The van der Waals surface area contributed by atoms with Crippen molar-refractivity contribution in [3.8, 4) is 0 Å². The maximum absolute atomic E-state index is 13.3. The molecule has 0 aliphatic rings. The van der Waals surface area contributed by atoms with E-state index < -0.39 is 5.82 Å². The Hall–Kier alpha value is -1.62. The maximum Gasteiger partial charge on any atom is 0.241 e. The lowest BCUT2D eigenvalue weighted by atomic mass is 10.2. The maximum atomic E-state index is 13.3. The Morgan fingerprint density at radius 3 is 2.69 bits per heavy atom. The van der Waals surface area contributed by atoms with E-state index in [-0.39, 0.29) is 17.6 Å². The van der Waals surface area contributed by atoms with Gasteiger partial charge < -0.3 is 11.1 Å². The lowest BCUT2D eigenvalue weighted by molar-refractivity contribution is -0.119. The van der Waals surface area contributed by atoms with Gasteiger partial charge >= 0.3 is 0 Å². The highest BCUT2D eigenvalue weighted by Gasteiger charge is 2.16. The SMILES string of the molecule is CC(C(=O)Nc1cc(N)ccc1F)N(C)C. The van der Waals surface area contributed by atoms with Crippen LogP contribution < -0.4 is 11.1 Å². The molecule has 16 heavy (non-hydrogen) atoms. The number of amides is 1. The van der Waals surface area contributed by atoms with E-state index in [0.29, 0.717) is 5.69 Å². The Balaban J connectivity index is 2.80. The number of nitrogens with one attached hydrogen (secondary N) is 1. The lowest BCUT2D eigenvalue weighted by Gasteiger charge is -2.19. The molecule has 0 heterocycles. The van der Waals surface area contributed by atoms with Crippen molar-refractivity contribution in [3.05, 3.63) is 24.0 Å². The molecular formula is C11H16FN3O. The minimum atomic E-state index is -0.492. The number of carbonyl (C=O) groups is 1. The molecule has 1 atom stereocenters. The molecule has 4 nitrogen and oxygen atoms in total. The largest absolute Gasteiger partial charge is 0.399 e. The molecule has 3 N–H and O–H groups in total. The molecule has 0 aliphatic carbocycles. The van der Waals surface area contributed by atoms with Crippen LogP contribution >= 0.6 is 0 Å². The summed E-state index contributed by atoms with van der Waals surface area (Å²) in [6.07, 6.45) is 0. The third-order valence-electron chi connectivity index (χ3n) is 2.40. The van der Waals surface area contributed by atoms with Gasteiger partial charge in [-0.25, -0.2) is 4.39 Å². The van der Waals surface area contributed by atoms with Crippen LogP contribution in [0.1, 0.15) is 6.92 Å². The number of benzene rings is 1. The van der Waals surface area contributed by atoms with Gasteiger partial charge in [-0.05, 0) is 39.2 Å². The fraction of sp³-hybridized carbons (Fsp3) is 0.364. The van der Waals surface area contributed by atoms with Gasteiger partial charge in [0.25, 0.3) is 0 Å². The molecule has 0 spiro atoms. The highest BCUT2D eigenvalue weighted by atomic mass is 19.1. The fourth-order valence-corrected chi connectivity index (χ4v) is 1.11. The molecule has 0 bridgehead atoms. The molecule has 88 valence electrons. The van der Waals surface area contributed by atoms with Gasteiger partial charge in [-0.1, -0.05) is 0 Å². The lowest BCUT2D eigenvalue weighted by Crippen LogP contribution is -2.37. The number of hydrogen-bond donors (Lipinski definition) is 2. The van der Waals surface area contributed by atoms with Gasteiger partial charge in [0, 0.05) is 5.69 Å². The molecule has 1 rings (SSSR count). The number of hydrogen-bond acceptors (Lipinski definition) is 3. The van der Waals surface area contributed by atoms with Crippen molar-refractivity contribution in [1.82, 2.24) is 4.90 Å². The van der Waals surface area contributed by atoms with Crippen LogP contribution in [-0.4, -0.2) is 30.9 Å². The first-order valence-corrected chi connectivity index (χ1v) is 4.94. The number of nitrogens with zero attached hydrogens (tertiary/aromatic N) is 1. The Morgan fingerprint density at radius 2 is 2.12 bits per heavy atom. The standard InChI is InChI=1S/C11H16FN3O/c1-7(15(2)3)11(16)14-10-6-8(13)4-5-9(10)12/h4-7H,13H2,1-3H3,(H,14,16). The first-order valence-electron chi connectivity index (χ1n) is 4.94. The molecule has 1 aromatic rings. The number of halogens is 1. The predicted octanol–water partition coefficient (Wildman–Crippen LogP) is 1.30. The first-order chi connectivity index (χ1) is 7.41. The second kappa shape index (κ2) is 4.94. The van der Waals surface area contributed by atoms with Gasteiger partial charge in [0.2, 0.25) is 5.91 Å². The van der Waals surface area contributed by atoms with Crippen LogP contribution in [0.4, 0.5) is 15.8 Å². The summed E-state index contributed by atoms with van der Waals surface area (Å²) in [5.41, 5.74) is 6.03. The number of carbonyl (C=O) groups excluding carboxylic acids is 1. The van der Waals surface area contributed by atoms with E-state index in [1.165, 1.54) is 18.2 Å². The van der Waals surface area contributed by atoms with Gasteiger partial charge in [0.15, 0.2) is 0 Å². The quantitative estimate of drug-likeness (QED) is 0.762. The third kappa shape index (κ3) is 2.93. The summed E-state index contributed by atoms with van der Waals surface area (Å²) in [4.78, 5) is 13.4. The highest BCUT2D eigenvalue weighted by Crippen LogP contribution is 2.17. The van der Waals surface area contributed by atoms with Crippen molar-refractivity contribution in [3.63, 3.8) is 0 Å². The summed E-state index contributed by atoms with van der Waals surface area (Å²) >= 11 is 0. The number of anilines is 2. The van der Waals surface area contributed by atoms with Crippen LogP contribution in [0.15, 0.2) is 18.2 Å². The molecule has 0 radical (unpaired) electrons. The van der Waals surface area contributed by atoms with Crippen LogP contribution in [0.5, 0.6) is 0 Å². The van der Waals surface area contributed by atoms with E-state index in [0.717, 1.165) is 0 Å². The molecule has 1 unspecified atom stereocenters. The Kier molecular flexibility index (Phi) is 3.84. The topological polar surface area (TPSA) is 58.4 Å². The average Bonchev–Trinajstić information content (AvgIpc) is 2.22. The van der Waals surface area contributed by atoms with Crippen molar-refractivity contribution in [2.45, 2.75) is 13.0 Å². The monoisotopic (exact) mass is 225 g/mol. The smallest absolute Gasteiger partial charge is 0.241 e. The molecule has 0 saturated carbocycles.